The number of fused-ring (bicyclic) bond motifs is 4. The van der Waals surface area contributed by atoms with Crippen LogP contribution in [0, 0.1) is 11.8 Å². The van der Waals surface area contributed by atoms with Crippen molar-refractivity contribution in [2.24, 2.45) is 11.8 Å². The quantitative estimate of drug-likeness (QED) is 0.570. The lowest BCUT2D eigenvalue weighted by molar-refractivity contribution is -0.123. The zero-order valence-electron chi connectivity index (χ0n) is 19.8. The molecule has 32 heavy (non-hydrogen) atoms. The van der Waals surface area contributed by atoms with Crippen molar-refractivity contribution in [3.8, 4) is 0 Å². The number of piperidine rings is 1. The molecule has 3 heterocycles. The standard InChI is InChI=1S/C24H38N4O4/c1-16(2)11-20(23(30)25-9-6-10-32-17(3)4)26-24(31)27-13-18-12-19(15-27)21-7-5-8-22(29)28(21)14-18/h5,7-8,16-20H,6,9-15H2,1-4H3,(H,25,30)(H,26,31)/t18-,19-,20-/m0/s1. The topological polar surface area (TPSA) is 92.7 Å². The zero-order valence-corrected chi connectivity index (χ0v) is 19.8. The van der Waals surface area contributed by atoms with Crippen LogP contribution in [0.15, 0.2) is 23.0 Å². The average Bonchev–Trinajstić information content (AvgIpc) is 2.73. The number of hydrogen-bond donors (Lipinski definition) is 2. The third-order valence-electron chi connectivity index (χ3n) is 6.16. The number of nitrogens with one attached hydrogen (secondary N) is 2. The van der Waals surface area contributed by atoms with Crippen LogP contribution in [-0.4, -0.2) is 59.8 Å². The predicted octanol–water partition coefficient (Wildman–Crippen LogP) is 2.32. The van der Waals surface area contributed by atoms with E-state index in [9.17, 15) is 14.4 Å². The third kappa shape index (κ3) is 6.34. The van der Waals surface area contributed by atoms with Gasteiger partial charge in [0, 0.05) is 50.5 Å². The molecular formula is C24H38N4O4. The first-order valence-electron chi connectivity index (χ1n) is 11.9. The molecule has 1 aromatic heterocycles. The van der Waals surface area contributed by atoms with Crippen LogP contribution in [0.25, 0.3) is 0 Å². The molecule has 0 spiro atoms. The minimum atomic E-state index is -0.565. The van der Waals surface area contributed by atoms with Crippen LogP contribution in [0.5, 0.6) is 0 Å². The van der Waals surface area contributed by atoms with Gasteiger partial charge in [0.2, 0.25) is 5.91 Å². The maximum Gasteiger partial charge on any atom is 0.318 e. The summed E-state index contributed by atoms with van der Waals surface area (Å²) < 4.78 is 7.37. The first-order chi connectivity index (χ1) is 15.2. The van der Waals surface area contributed by atoms with Gasteiger partial charge in [-0.1, -0.05) is 19.9 Å². The number of carbonyl (C=O) groups is 2. The molecule has 0 aliphatic carbocycles. The number of rotatable bonds is 9. The Hall–Kier alpha value is -2.35. The number of nitrogens with zero attached hydrogens (tertiary/aromatic N) is 2. The van der Waals surface area contributed by atoms with Gasteiger partial charge in [0.05, 0.1) is 6.10 Å². The highest BCUT2D eigenvalue weighted by molar-refractivity contribution is 5.87. The van der Waals surface area contributed by atoms with Gasteiger partial charge < -0.3 is 24.8 Å². The minimum absolute atomic E-state index is 0.0302. The van der Waals surface area contributed by atoms with Crippen molar-refractivity contribution >= 4 is 11.9 Å². The van der Waals surface area contributed by atoms with E-state index in [0.717, 1.165) is 18.5 Å². The SMILES string of the molecule is CC(C)C[C@H](NC(=O)N1C[C@@H]2C[C@@H](C1)c1cccc(=O)n1C2)C(=O)NCCCOC(C)C. The van der Waals surface area contributed by atoms with Crippen LogP contribution in [0.2, 0.25) is 0 Å². The van der Waals surface area contributed by atoms with Crippen molar-refractivity contribution in [3.05, 3.63) is 34.2 Å². The highest BCUT2D eigenvalue weighted by atomic mass is 16.5. The molecule has 1 aromatic rings. The van der Waals surface area contributed by atoms with Gasteiger partial charge in [-0.2, -0.15) is 0 Å². The Kier molecular flexibility index (Phi) is 8.34. The monoisotopic (exact) mass is 446 g/mol. The van der Waals surface area contributed by atoms with Gasteiger partial charge in [-0.25, -0.2) is 4.79 Å². The van der Waals surface area contributed by atoms with Gasteiger partial charge >= 0.3 is 6.03 Å². The predicted molar refractivity (Wildman–Crippen MR) is 124 cm³/mol. The Labute approximate surface area is 190 Å². The second-order valence-corrected chi connectivity index (χ2v) is 9.80. The van der Waals surface area contributed by atoms with Crippen LogP contribution < -0.4 is 16.2 Å². The van der Waals surface area contributed by atoms with E-state index in [0.29, 0.717) is 39.2 Å². The molecule has 2 bridgehead atoms. The lowest BCUT2D eigenvalue weighted by Crippen LogP contribution is -2.56. The second kappa shape index (κ2) is 11.0. The fourth-order valence-corrected chi connectivity index (χ4v) is 4.73. The molecule has 3 amide bonds. The highest BCUT2D eigenvalue weighted by Gasteiger charge is 2.37. The van der Waals surface area contributed by atoms with Gasteiger partial charge in [0.15, 0.2) is 0 Å². The Morgan fingerprint density at radius 2 is 1.94 bits per heavy atom. The molecule has 2 aliphatic heterocycles. The molecule has 2 aliphatic rings. The number of amides is 3. The summed E-state index contributed by atoms with van der Waals surface area (Å²) in [6.07, 6.45) is 2.48. The van der Waals surface area contributed by atoms with Crippen molar-refractivity contribution in [1.82, 2.24) is 20.1 Å². The van der Waals surface area contributed by atoms with Crippen molar-refractivity contribution < 1.29 is 14.3 Å². The van der Waals surface area contributed by atoms with Gasteiger partial charge in [-0.3, -0.25) is 9.59 Å². The number of aromatic nitrogens is 1. The number of likely N-dealkylation sites (tertiary alicyclic amines) is 1. The molecule has 0 aromatic carbocycles. The Morgan fingerprint density at radius 3 is 2.66 bits per heavy atom. The Bertz CT molecular complexity index is 851. The summed E-state index contributed by atoms with van der Waals surface area (Å²) in [7, 11) is 0. The summed E-state index contributed by atoms with van der Waals surface area (Å²) in [5.41, 5.74) is 1.04. The lowest BCUT2D eigenvalue weighted by Gasteiger charge is -2.43. The van der Waals surface area contributed by atoms with Crippen LogP contribution >= 0.6 is 0 Å². The summed E-state index contributed by atoms with van der Waals surface area (Å²) in [4.78, 5) is 39.9. The van der Waals surface area contributed by atoms with Crippen LogP contribution in [-0.2, 0) is 16.1 Å². The van der Waals surface area contributed by atoms with Crippen molar-refractivity contribution in [1.29, 1.82) is 0 Å². The molecule has 8 heteroatoms. The molecule has 3 atom stereocenters. The average molecular weight is 447 g/mol. The smallest absolute Gasteiger partial charge is 0.318 e. The Balaban J connectivity index is 1.58. The van der Waals surface area contributed by atoms with Gasteiger partial charge in [-0.05, 0) is 51.0 Å². The number of pyridine rings is 1. The molecule has 178 valence electrons. The van der Waals surface area contributed by atoms with Gasteiger partial charge in [0.1, 0.15) is 6.04 Å². The van der Waals surface area contributed by atoms with Crippen LogP contribution in [0.3, 0.4) is 0 Å². The number of urea groups is 1. The van der Waals surface area contributed by atoms with E-state index >= 15 is 0 Å². The van der Waals surface area contributed by atoms with Crippen molar-refractivity contribution in [3.63, 3.8) is 0 Å². The Morgan fingerprint density at radius 1 is 1.16 bits per heavy atom. The second-order valence-electron chi connectivity index (χ2n) is 9.80. The summed E-state index contributed by atoms with van der Waals surface area (Å²) in [6, 6.07) is 4.62. The van der Waals surface area contributed by atoms with E-state index in [1.54, 1.807) is 12.1 Å². The largest absolute Gasteiger partial charge is 0.379 e. The minimum Gasteiger partial charge on any atom is -0.379 e. The molecule has 2 N–H and O–H groups in total. The van der Waals surface area contributed by atoms with Crippen LogP contribution in [0.4, 0.5) is 4.79 Å². The molecule has 1 fully saturated rings. The molecule has 8 nitrogen and oxygen atoms in total. The van der Waals surface area contributed by atoms with E-state index in [4.69, 9.17) is 4.74 Å². The normalized spacial score (nSPS) is 20.8. The van der Waals surface area contributed by atoms with Gasteiger partial charge in [0.25, 0.3) is 5.56 Å². The number of carbonyl (C=O) groups excluding carboxylic acids is 2. The molecule has 1 saturated heterocycles. The van der Waals surface area contributed by atoms with E-state index in [-0.39, 0.29) is 41.4 Å². The van der Waals surface area contributed by atoms with E-state index < -0.39 is 6.04 Å². The fraction of sp³-hybridized carbons (Fsp3) is 0.708. The number of ether oxygens (including phenoxy) is 1. The first-order valence-corrected chi connectivity index (χ1v) is 11.9. The fourth-order valence-electron chi connectivity index (χ4n) is 4.73. The van der Waals surface area contributed by atoms with E-state index in [1.807, 2.05) is 43.2 Å². The van der Waals surface area contributed by atoms with Crippen molar-refractivity contribution in [2.75, 3.05) is 26.2 Å². The maximum absolute atomic E-state index is 13.1. The van der Waals surface area contributed by atoms with E-state index in [1.165, 1.54) is 0 Å². The zero-order chi connectivity index (χ0) is 23.3. The van der Waals surface area contributed by atoms with Crippen molar-refractivity contribution in [2.45, 2.75) is 71.6 Å². The number of hydrogen-bond acceptors (Lipinski definition) is 4. The van der Waals surface area contributed by atoms with E-state index in [2.05, 4.69) is 10.6 Å². The van der Waals surface area contributed by atoms with Gasteiger partial charge in [-0.15, -0.1) is 0 Å². The molecule has 0 radical (unpaired) electrons. The maximum atomic E-state index is 13.1. The highest BCUT2D eigenvalue weighted by Crippen LogP contribution is 2.34. The molecule has 3 rings (SSSR count). The summed E-state index contributed by atoms with van der Waals surface area (Å²) in [6.45, 7) is 11.0. The first kappa shape index (κ1) is 24.3. The summed E-state index contributed by atoms with van der Waals surface area (Å²) in [5.74, 6) is 0.534. The summed E-state index contributed by atoms with van der Waals surface area (Å²) >= 11 is 0. The summed E-state index contributed by atoms with van der Waals surface area (Å²) in [5, 5.41) is 5.92. The molecule has 0 saturated carbocycles. The third-order valence-corrected chi connectivity index (χ3v) is 6.16. The lowest BCUT2D eigenvalue weighted by atomic mass is 9.83. The molecular weight excluding hydrogens is 408 g/mol. The molecule has 0 unspecified atom stereocenters. The van der Waals surface area contributed by atoms with Crippen LogP contribution in [0.1, 0.15) is 58.6 Å².